The molecule has 1 aromatic carbocycles. The van der Waals surface area contributed by atoms with Crippen molar-refractivity contribution in [2.45, 2.75) is 36.6 Å². The molecule has 0 radical (unpaired) electrons. The Balaban J connectivity index is 1.47. The van der Waals surface area contributed by atoms with Crippen molar-refractivity contribution < 1.29 is 17.9 Å². The average Bonchev–Trinajstić information content (AvgIpc) is 3.16. The molecule has 138 valence electrons. The van der Waals surface area contributed by atoms with E-state index >= 15 is 0 Å². The van der Waals surface area contributed by atoms with Gasteiger partial charge in [0.15, 0.2) is 11.5 Å². The van der Waals surface area contributed by atoms with Crippen molar-refractivity contribution >= 4 is 21.5 Å². The van der Waals surface area contributed by atoms with Crippen LogP contribution in [-0.4, -0.2) is 32.7 Å². The number of nitrogens with one attached hydrogen (secondary N) is 2. The van der Waals surface area contributed by atoms with Crippen molar-refractivity contribution in [2.75, 3.05) is 23.3 Å². The lowest BCUT2D eigenvalue weighted by molar-refractivity contribution is 0.171. The number of anilines is 2. The first-order chi connectivity index (χ1) is 12.6. The number of nitrogens with zero attached hydrogens (tertiary/aromatic N) is 1. The van der Waals surface area contributed by atoms with Gasteiger partial charge in [0, 0.05) is 12.1 Å². The second kappa shape index (κ2) is 7.03. The maximum Gasteiger partial charge on any atom is 0.263 e. The second-order valence-electron chi connectivity index (χ2n) is 6.47. The number of hydrogen-bond donors (Lipinski definition) is 2. The molecule has 0 atom stereocenters. The molecule has 0 unspecified atom stereocenters. The number of hydrogen-bond acceptors (Lipinski definition) is 6. The van der Waals surface area contributed by atoms with E-state index in [1.165, 1.54) is 37.8 Å². The van der Waals surface area contributed by atoms with Crippen molar-refractivity contribution in [2.24, 2.45) is 0 Å². The van der Waals surface area contributed by atoms with E-state index in [-0.39, 0.29) is 10.7 Å². The minimum absolute atomic E-state index is 0.108. The van der Waals surface area contributed by atoms with Gasteiger partial charge in [0.25, 0.3) is 10.0 Å². The van der Waals surface area contributed by atoms with E-state index in [0.29, 0.717) is 30.8 Å². The molecule has 0 amide bonds. The summed E-state index contributed by atoms with van der Waals surface area (Å²) in [6.45, 7) is 0.865. The molecule has 2 aliphatic rings. The third-order valence-corrected chi connectivity index (χ3v) is 5.90. The zero-order chi connectivity index (χ0) is 18.0. The van der Waals surface area contributed by atoms with Gasteiger partial charge in [-0.15, -0.1) is 0 Å². The fourth-order valence-corrected chi connectivity index (χ4v) is 4.26. The van der Waals surface area contributed by atoms with Crippen LogP contribution < -0.4 is 19.5 Å². The van der Waals surface area contributed by atoms with Crippen LogP contribution in [0.3, 0.4) is 0 Å². The Hall–Kier alpha value is -2.48. The maximum atomic E-state index is 12.6. The summed E-state index contributed by atoms with van der Waals surface area (Å²) in [5.41, 5.74) is 0.902. The molecule has 1 fully saturated rings. The summed E-state index contributed by atoms with van der Waals surface area (Å²) in [7, 11) is -3.75. The van der Waals surface area contributed by atoms with Crippen LogP contribution in [0.4, 0.5) is 11.5 Å². The molecule has 8 heteroatoms. The van der Waals surface area contributed by atoms with Gasteiger partial charge in [-0.25, -0.2) is 13.4 Å². The highest BCUT2D eigenvalue weighted by Gasteiger charge is 2.20. The quantitative estimate of drug-likeness (QED) is 0.835. The van der Waals surface area contributed by atoms with Crippen molar-refractivity contribution in [3.63, 3.8) is 0 Å². The molecular weight excluding hydrogens is 354 g/mol. The van der Waals surface area contributed by atoms with Crippen molar-refractivity contribution in [1.29, 1.82) is 0 Å². The van der Waals surface area contributed by atoms with Gasteiger partial charge in [0.1, 0.15) is 19.0 Å². The van der Waals surface area contributed by atoms with Crippen LogP contribution in [0.25, 0.3) is 0 Å². The summed E-state index contributed by atoms with van der Waals surface area (Å²) in [6, 6.07) is 8.54. The first kappa shape index (κ1) is 17.0. The number of ether oxygens (including phenoxy) is 2. The summed E-state index contributed by atoms with van der Waals surface area (Å²) in [6.07, 6.45) is 6.48. The van der Waals surface area contributed by atoms with Gasteiger partial charge in [-0.05, 0) is 37.1 Å². The van der Waals surface area contributed by atoms with E-state index in [0.717, 1.165) is 5.69 Å². The van der Waals surface area contributed by atoms with Gasteiger partial charge in [-0.2, -0.15) is 0 Å². The predicted molar refractivity (Wildman–Crippen MR) is 98.4 cm³/mol. The first-order valence-electron chi connectivity index (χ1n) is 8.75. The summed E-state index contributed by atoms with van der Waals surface area (Å²) >= 11 is 0. The minimum Gasteiger partial charge on any atom is -0.486 e. The van der Waals surface area contributed by atoms with Crippen LogP contribution in [-0.2, 0) is 10.0 Å². The molecule has 7 nitrogen and oxygen atoms in total. The molecule has 1 aromatic heterocycles. The summed E-state index contributed by atoms with van der Waals surface area (Å²) in [5.74, 6) is 1.26. The fraction of sp³-hybridized carbons (Fsp3) is 0.389. The minimum atomic E-state index is -3.75. The van der Waals surface area contributed by atoms with Crippen LogP contribution in [0.2, 0.25) is 0 Å². The Morgan fingerprint density at radius 1 is 1.00 bits per heavy atom. The molecule has 0 bridgehead atoms. The molecule has 0 spiro atoms. The van der Waals surface area contributed by atoms with Crippen molar-refractivity contribution in [3.8, 4) is 11.5 Å². The van der Waals surface area contributed by atoms with Gasteiger partial charge in [-0.1, -0.05) is 12.8 Å². The third-order valence-electron chi connectivity index (χ3n) is 4.55. The van der Waals surface area contributed by atoms with E-state index in [9.17, 15) is 8.42 Å². The highest BCUT2D eigenvalue weighted by molar-refractivity contribution is 7.92. The van der Waals surface area contributed by atoms with Crippen LogP contribution >= 0.6 is 0 Å². The Morgan fingerprint density at radius 2 is 1.77 bits per heavy atom. The van der Waals surface area contributed by atoms with Gasteiger partial charge in [-0.3, -0.25) is 4.72 Å². The third kappa shape index (κ3) is 3.70. The number of rotatable bonds is 5. The van der Waals surface area contributed by atoms with Gasteiger partial charge < -0.3 is 14.8 Å². The number of fused-ring (bicyclic) bond motifs is 1. The Labute approximate surface area is 152 Å². The second-order valence-corrected chi connectivity index (χ2v) is 8.15. The van der Waals surface area contributed by atoms with E-state index in [1.54, 1.807) is 18.3 Å². The van der Waals surface area contributed by atoms with E-state index in [1.807, 2.05) is 6.07 Å². The van der Waals surface area contributed by atoms with E-state index in [2.05, 4.69) is 15.0 Å². The Kier molecular flexibility index (Phi) is 4.58. The maximum absolute atomic E-state index is 12.6. The first-order valence-corrected chi connectivity index (χ1v) is 10.2. The standard InChI is InChI=1S/C18H21N3O4S/c22-26(23,15-6-7-16-17(11-15)25-10-9-24-16)21-18-8-5-14(12-19-18)20-13-3-1-2-4-13/h5-8,11-13,20H,1-4,9-10H2,(H,19,21). The predicted octanol–water partition coefficient (Wildman–Crippen LogP) is 3.01. The van der Waals surface area contributed by atoms with Crippen molar-refractivity contribution in [3.05, 3.63) is 36.5 Å². The number of sulfonamides is 1. The summed E-state index contributed by atoms with van der Waals surface area (Å²) in [5, 5.41) is 3.43. The summed E-state index contributed by atoms with van der Waals surface area (Å²) < 4.78 is 38.5. The summed E-state index contributed by atoms with van der Waals surface area (Å²) in [4.78, 5) is 4.32. The normalized spacial score (nSPS) is 17.1. The Morgan fingerprint density at radius 3 is 2.50 bits per heavy atom. The molecule has 26 heavy (non-hydrogen) atoms. The Bertz CT molecular complexity index is 878. The fourth-order valence-electron chi connectivity index (χ4n) is 3.23. The van der Waals surface area contributed by atoms with Crippen LogP contribution in [0.1, 0.15) is 25.7 Å². The lowest BCUT2D eigenvalue weighted by Crippen LogP contribution is -2.18. The highest BCUT2D eigenvalue weighted by Crippen LogP contribution is 2.32. The number of aromatic nitrogens is 1. The number of pyridine rings is 1. The van der Waals surface area contributed by atoms with Crippen LogP contribution in [0.5, 0.6) is 11.5 Å². The molecule has 2 aromatic rings. The SMILES string of the molecule is O=S(=O)(Nc1ccc(NC2CCCC2)cn1)c1ccc2c(c1)OCCO2. The topological polar surface area (TPSA) is 89.6 Å². The van der Waals surface area contributed by atoms with Gasteiger partial charge >= 0.3 is 0 Å². The molecule has 0 saturated heterocycles. The zero-order valence-corrected chi connectivity index (χ0v) is 15.1. The largest absolute Gasteiger partial charge is 0.486 e. The number of benzene rings is 1. The zero-order valence-electron chi connectivity index (χ0n) is 14.3. The van der Waals surface area contributed by atoms with Crippen LogP contribution in [0.15, 0.2) is 41.4 Å². The smallest absolute Gasteiger partial charge is 0.263 e. The molecule has 2 N–H and O–H groups in total. The monoisotopic (exact) mass is 375 g/mol. The average molecular weight is 375 g/mol. The molecule has 4 rings (SSSR count). The van der Waals surface area contributed by atoms with Gasteiger partial charge in [0.05, 0.1) is 16.8 Å². The van der Waals surface area contributed by atoms with Crippen LogP contribution in [0, 0.1) is 0 Å². The molecular formula is C18H21N3O4S. The highest BCUT2D eigenvalue weighted by atomic mass is 32.2. The van der Waals surface area contributed by atoms with Crippen molar-refractivity contribution in [1.82, 2.24) is 4.98 Å². The van der Waals surface area contributed by atoms with E-state index < -0.39 is 10.0 Å². The molecule has 1 aliphatic heterocycles. The lowest BCUT2D eigenvalue weighted by Gasteiger charge is -2.19. The van der Waals surface area contributed by atoms with E-state index in [4.69, 9.17) is 9.47 Å². The molecule has 1 aliphatic carbocycles. The molecule has 2 heterocycles. The van der Waals surface area contributed by atoms with Gasteiger partial charge in [0.2, 0.25) is 0 Å². The lowest BCUT2D eigenvalue weighted by atomic mass is 10.2. The molecule has 1 saturated carbocycles.